The zero-order valence-electron chi connectivity index (χ0n) is 30.0. The fourth-order valence-electron chi connectivity index (χ4n) is 7.48. The predicted molar refractivity (Wildman–Crippen MR) is 209 cm³/mol. The molecule has 0 saturated carbocycles. The molecule has 0 bridgehead atoms. The van der Waals surface area contributed by atoms with Gasteiger partial charge in [-0.25, -0.2) is 0 Å². The Hall–Kier alpha value is -8.95. The molecule has 22 nitrogen and oxygen atoms in total. The minimum absolute atomic E-state index is 0.0280. The molecule has 3 heterocycles. The van der Waals surface area contributed by atoms with Crippen LogP contribution in [0.5, 0.6) is 92.0 Å². The van der Waals surface area contributed by atoms with Gasteiger partial charge in [0.1, 0.15) is 61.7 Å². The van der Waals surface area contributed by atoms with Crippen molar-refractivity contribution in [2.75, 3.05) is 0 Å². The first-order chi connectivity index (χ1) is 28.5. The minimum Gasteiger partial charge on any atom is -0.512 e. The fourth-order valence-corrected chi connectivity index (χ4v) is 7.48. The molecule has 4 radical (unpaired) electrons. The maximum atomic E-state index is 12.2. The molecule has 8 aromatic rings. The molecule has 0 saturated heterocycles. The molecular formula is C37H23B2NO21. The number of nitrogens with zero attached hydrogens (tertiary/aromatic N) is 1. The third kappa shape index (κ3) is 4.51. The summed E-state index contributed by atoms with van der Waals surface area (Å²) in [6, 6.07) is 0. The number of aliphatic hydroxyl groups is 3. The summed E-state index contributed by atoms with van der Waals surface area (Å²) in [4.78, 5) is 0. The first kappa shape index (κ1) is 38.9. The SMILES string of the molecule is [B]c1c(O)c(O)c2oc(/C(=C(\C)O)c3c(O)c(O)c4c(c3O)c3c(O)c([B])c(O)c(O)c3n4-c3c(O)c(O)c(O)c4oc5c(O)c(O)c(O)c(O)c5c34)c(/C(O)=C/O)c2c1O. The van der Waals surface area contributed by atoms with Crippen molar-refractivity contribution >= 4 is 92.7 Å². The second kappa shape index (κ2) is 12.3. The largest absolute Gasteiger partial charge is 0.512 e. The van der Waals surface area contributed by atoms with Crippen molar-refractivity contribution in [1.82, 2.24) is 4.57 Å². The van der Waals surface area contributed by atoms with E-state index in [1.165, 1.54) is 0 Å². The summed E-state index contributed by atoms with van der Waals surface area (Å²) in [6.07, 6.45) is 0.0280. The summed E-state index contributed by atoms with van der Waals surface area (Å²) in [7, 11) is 11.6. The van der Waals surface area contributed by atoms with Gasteiger partial charge in [-0.05, 0) is 17.8 Å². The van der Waals surface area contributed by atoms with Crippen LogP contribution in [0.1, 0.15) is 23.8 Å². The Labute approximate surface area is 336 Å². The smallest absolute Gasteiger partial charge is 0.208 e. The fraction of sp³-hybridized carbons (Fsp3) is 0.0270. The zero-order valence-corrected chi connectivity index (χ0v) is 30.0. The number of phenolic OH excluding ortho intramolecular Hbond substituents is 16. The molecule has 0 amide bonds. The van der Waals surface area contributed by atoms with Gasteiger partial charge < -0.3 is 106 Å². The first-order valence-electron chi connectivity index (χ1n) is 16.6. The van der Waals surface area contributed by atoms with Crippen LogP contribution in [0.25, 0.3) is 71.7 Å². The van der Waals surface area contributed by atoms with Gasteiger partial charge in [-0.15, -0.1) is 0 Å². The molecule has 0 aliphatic heterocycles. The van der Waals surface area contributed by atoms with Gasteiger partial charge in [0.25, 0.3) is 0 Å². The van der Waals surface area contributed by atoms with Gasteiger partial charge in [-0.1, -0.05) is 0 Å². The van der Waals surface area contributed by atoms with E-state index >= 15 is 0 Å². The summed E-state index contributed by atoms with van der Waals surface area (Å²) < 4.78 is 11.4. The normalized spacial score (nSPS) is 12.8. The van der Waals surface area contributed by atoms with E-state index in [1.54, 1.807) is 0 Å². The number of furan rings is 2. The highest BCUT2D eigenvalue weighted by atomic mass is 16.4. The molecule has 61 heavy (non-hydrogen) atoms. The lowest BCUT2D eigenvalue weighted by Crippen LogP contribution is -2.05. The van der Waals surface area contributed by atoms with Crippen LogP contribution in [-0.4, -0.2) is 117 Å². The Balaban J connectivity index is 1.65. The van der Waals surface area contributed by atoms with Gasteiger partial charge in [0.15, 0.2) is 68.5 Å². The van der Waals surface area contributed by atoms with E-state index in [2.05, 4.69) is 0 Å². The van der Waals surface area contributed by atoms with Crippen LogP contribution in [0.3, 0.4) is 0 Å². The summed E-state index contributed by atoms with van der Waals surface area (Å²) in [6.45, 7) is 0.868. The Morgan fingerprint density at radius 1 is 0.443 bits per heavy atom. The molecule has 3 aromatic heterocycles. The number of hydrogen-bond donors (Lipinski definition) is 19. The van der Waals surface area contributed by atoms with Gasteiger partial charge in [0, 0.05) is 0 Å². The summed E-state index contributed by atoms with van der Waals surface area (Å²) in [5.41, 5.74) is -10.8. The number of phenols is 16. The average molecular weight is 839 g/mol. The highest BCUT2D eigenvalue weighted by Crippen LogP contribution is 2.62. The molecule has 5 aromatic carbocycles. The second-order valence-corrected chi connectivity index (χ2v) is 13.4. The Bertz CT molecular complexity index is 3440. The number of hydrogen-bond acceptors (Lipinski definition) is 21. The molecular weight excluding hydrogens is 816 g/mol. The van der Waals surface area contributed by atoms with Crippen LogP contribution in [-0.2, 0) is 0 Å². The van der Waals surface area contributed by atoms with E-state index in [0.717, 1.165) is 6.92 Å². The number of benzene rings is 5. The van der Waals surface area contributed by atoms with Gasteiger partial charge in [-0.3, -0.25) is 4.57 Å². The molecule has 0 spiro atoms. The predicted octanol–water partition coefficient (Wildman–Crippen LogP) is 3.06. The van der Waals surface area contributed by atoms with Gasteiger partial charge in [0.05, 0.1) is 43.6 Å². The number of aliphatic hydroxyl groups excluding tert-OH is 3. The molecule has 0 aliphatic carbocycles. The highest BCUT2D eigenvalue weighted by Gasteiger charge is 2.39. The van der Waals surface area contributed by atoms with Crippen LogP contribution < -0.4 is 10.9 Å². The van der Waals surface area contributed by atoms with E-state index in [0.29, 0.717) is 4.57 Å². The lowest BCUT2D eigenvalue weighted by molar-refractivity contribution is 0.347. The molecule has 19 N–H and O–H groups in total. The lowest BCUT2D eigenvalue weighted by Gasteiger charge is -2.18. The summed E-state index contributed by atoms with van der Waals surface area (Å²) >= 11 is 0. The third-order valence-electron chi connectivity index (χ3n) is 10.2. The molecule has 0 unspecified atom stereocenters. The van der Waals surface area contributed by atoms with Crippen molar-refractivity contribution in [2.45, 2.75) is 6.92 Å². The summed E-state index contributed by atoms with van der Waals surface area (Å²) in [5, 5.41) is 205. The molecule has 308 valence electrons. The van der Waals surface area contributed by atoms with E-state index in [1.807, 2.05) is 0 Å². The maximum absolute atomic E-state index is 12.2. The van der Waals surface area contributed by atoms with Crippen molar-refractivity contribution < 1.29 is 106 Å². The van der Waals surface area contributed by atoms with E-state index in [4.69, 9.17) is 24.5 Å². The lowest BCUT2D eigenvalue weighted by atomic mass is 9.88. The van der Waals surface area contributed by atoms with Crippen LogP contribution in [0.2, 0.25) is 0 Å². The number of aromatic nitrogens is 1. The van der Waals surface area contributed by atoms with E-state index in [9.17, 15) is 97.0 Å². The molecule has 24 heteroatoms. The number of rotatable bonds is 4. The van der Waals surface area contributed by atoms with Crippen LogP contribution in [0.4, 0.5) is 0 Å². The van der Waals surface area contributed by atoms with Crippen molar-refractivity contribution in [1.29, 1.82) is 0 Å². The average Bonchev–Trinajstić information content (AvgIpc) is 3.93. The second-order valence-electron chi connectivity index (χ2n) is 13.4. The van der Waals surface area contributed by atoms with Crippen LogP contribution >= 0.6 is 0 Å². The third-order valence-corrected chi connectivity index (χ3v) is 10.2. The zero-order chi connectivity index (χ0) is 44.9. The number of aromatic hydroxyl groups is 16. The van der Waals surface area contributed by atoms with Gasteiger partial charge >= 0.3 is 0 Å². The molecule has 8 rings (SSSR count). The van der Waals surface area contributed by atoms with Crippen LogP contribution in [0, 0.1) is 0 Å². The highest BCUT2D eigenvalue weighted by molar-refractivity contribution is 6.40. The molecule has 0 atom stereocenters. The summed E-state index contributed by atoms with van der Waals surface area (Å²) in [5.74, 6) is -24.6. The van der Waals surface area contributed by atoms with Gasteiger partial charge in [0.2, 0.25) is 34.5 Å². The molecule has 0 fully saturated rings. The first-order valence-corrected chi connectivity index (χ1v) is 16.6. The van der Waals surface area contributed by atoms with Crippen molar-refractivity contribution in [3.8, 4) is 97.7 Å². The maximum Gasteiger partial charge on any atom is 0.208 e. The van der Waals surface area contributed by atoms with Crippen LogP contribution in [0.15, 0.2) is 20.9 Å². The molecule has 0 aliphatic rings. The van der Waals surface area contributed by atoms with E-state index in [-0.39, 0.29) is 6.26 Å². The van der Waals surface area contributed by atoms with Crippen molar-refractivity contribution in [3.63, 3.8) is 0 Å². The topological polar surface area (TPSA) is 416 Å². The standard InChI is InChI=1S/C37H23B2NO21/c1-3(42)5(34-6(4(43)2-41)11-20(46)14(39)24(50)31(57)36(11)60-34)10-18(44)7-8-16(26(52)23(49)13(38)19(8)45)40(15(7)25(51)21(10)47)17-9-12-22(48)28(54)30(56)33(59)37(12)61-35(9)32(58)29(55)27(17)53/h2,41-59H,1H3/b4-2-,5-3+. The van der Waals surface area contributed by atoms with Crippen molar-refractivity contribution in [3.05, 3.63) is 28.9 Å². The minimum atomic E-state index is -1.53. The van der Waals surface area contributed by atoms with Crippen molar-refractivity contribution in [2.24, 2.45) is 0 Å². The Morgan fingerprint density at radius 3 is 1.44 bits per heavy atom. The monoisotopic (exact) mass is 839 g/mol. The number of fused-ring (bicyclic) bond motifs is 7. The van der Waals surface area contributed by atoms with Gasteiger partial charge in [-0.2, -0.15) is 0 Å². The quantitative estimate of drug-likeness (QED) is 0.0524. The van der Waals surface area contributed by atoms with E-state index < -0.39 is 197 Å². The number of allylic oxidation sites excluding steroid dienone is 1. The Morgan fingerprint density at radius 2 is 0.885 bits per heavy atom. The Kier molecular flexibility index (Phi) is 7.83.